The minimum absolute atomic E-state index is 0. The summed E-state index contributed by atoms with van der Waals surface area (Å²) in [6.07, 6.45) is 4.66. The van der Waals surface area contributed by atoms with Crippen molar-refractivity contribution < 1.29 is 4.79 Å². The molecule has 1 aliphatic heterocycles. The molecule has 35 heavy (non-hydrogen) atoms. The molecular formula is C28H40Cl3N3O. The van der Waals surface area contributed by atoms with Crippen LogP contribution in [0, 0.1) is 0 Å². The Morgan fingerprint density at radius 3 is 2.34 bits per heavy atom. The summed E-state index contributed by atoms with van der Waals surface area (Å²) in [4.78, 5) is 20.0. The largest absolute Gasteiger partial charge is 0.341 e. The molecule has 1 amide bonds. The summed E-state index contributed by atoms with van der Waals surface area (Å²) in [6, 6.07) is 16.1. The summed E-state index contributed by atoms with van der Waals surface area (Å²) >= 11 is 12.5. The molecule has 1 atom stereocenters. The molecule has 3 rings (SSSR count). The normalized spacial score (nSPS) is 15.6. The van der Waals surface area contributed by atoms with E-state index in [1.165, 1.54) is 25.8 Å². The molecule has 0 aromatic heterocycles. The lowest BCUT2D eigenvalue weighted by Gasteiger charge is -2.38. The van der Waals surface area contributed by atoms with E-state index in [2.05, 4.69) is 29.7 Å². The lowest BCUT2D eigenvalue weighted by molar-refractivity contribution is 0.0778. The van der Waals surface area contributed by atoms with Crippen LogP contribution >= 0.6 is 35.6 Å². The van der Waals surface area contributed by atoms with Crippen LogP contribution in [0.1, 0.15) is 61.4 Å². The van der Waals surface area contributed by atoms with E-state index < -0.39 is 0 Å². The molecule has 1 aliphatic rings. The molecule has 7 heteroatoms. The zero-order valence-corrected chi connectivity index (χ0v) is 23.6. The topological polar surface area (TPSA) is 26.8 Å². The van der Waals surface area contributed by atoms with Gasteiger partial charge in [0.05, 0.1) is 10.0 Å². The van der Waals surface area contributed by atoms with E-state index in [1.54, 1.807) is 0 Å². The zero-order chi connectivity index (χ0) is 24.5. The van der Waals surface area contributed by atoms with Crippen LogP contribution < -0.4 is 0 Å². The minimum Gasteiger partial charge on any atom is -0.341 e. The van der Waals surface area contributed by atoms with Gasteiger partial charge in [-0.3, -0.25) is 4.79 Å². The van der Waals surface area contributed by atoms with E-state index >= 15 is 0 Å². The molecule has 1 unspecified atom stereocenters. The van der Waals surface area contributed by atoms with E-state index in [4.69, 9.17) is 23.2 Å². The quantitative estimate of drug-likeness (QED) is 0.312. The Balaban J connectivity index is 0.00000432. The second kappa shape index (κ2) is 15.1. The number of likely N-dealkylation sites (N-methyl/N-ethyl adjacent to an activating group) is 1. The first kappa shape index (κ1) is 29.9. The number of likely N-dealkylation sites (tertiary alicyclic amines) is 1. The zero-order valence-electron chi connectivity index (χ0n) is 21.3. The third-order valence-corrected chi connectivity index (χ3v) is 7.80. The Morgan fingerprint density at radius 1 is 1.06 bits per heavy atom. The first-order chi connectivity index (χ1) is 16.4. The van der Waals surface area contributed by atoms with Gasteiger partial charge in [0.15, 0.2) is 0 Å². The Kier molecular flexibility index (Phi) is 12.9. The SMILES string of the molecule is CCCN(CC)C1CCN(CCC(CN(C)C(=O)c2ccccc2)c2ccc(Cl)c(Cl)c2)CC1.Cl. The van der Waals surface area contributed by atoms with Gasteiger partial charge in [-0.05, 0) is 88.2 Å². The number of benzene rings is 2. The van der Waals surface area contributed by atoms with E-state index in [1.807, 2.05) is 54.4 Å². The lowest BCUT2D eigenvalue weighted by atomic mass is 9.93. The maximum atomic E-state index is 13.0. The van der Waals surface area contributed by atoms with Crippen LogP contribution in [0.15, 0.2) is 48.5 Å². The molecule has 0 bridgehead atoms. The molecule has 4 nitrogen and oxygen atoms in total. The average Bonchev–Trinajstić information content (AvgIpc) is 2.87. The van der Waals surface area contributed by atoms with Crippen molar-refractivity contribution in [2.75, 3.05) is 46.3 Å². The number of carbonyl (C=O) groups is 1. The summed E-state index contributed by atoms with van der Waals surface area (Å²) in [5.74, 6) is 0.236. The second-order valence-corrected chi connectivity index (χ2v) is 10.2. The smallest absolute Gasteiger partial charge is 0.253 e. The fraction of sp³-hybridized carbons (Fsp3) is 0.536. The van der Waals surface area contributed by atoms with Crippen LogP contribution in [-0.2, 0) is 0 Å². The number of halogens is 3. The highest BCUT2D eigenvalue weighted by molar-refractivity contribution is 6.42. The van der Waals surface area contributed by atoms with Crippen molar-refractivity contribution in [2.24, 2.45) is 0 Å². The molecule has 194 valence electrons. The van der Waals surface area contributed by atoms with Gasteiger partial charge in [-0.1, -0.05) is 61.3 Å². The summed E-state index contributed by atoms with van der Waals surface area (Å²) in [5, 5.41) is 1.13. The predicted molar refractivity (Wildman–Crippen MR) is 151 cm³/mol. The molecule has 0 spiro atoms. The van der Waals surface area contributed by atoms with Gasteiger partial charge >= 0.3 is 0 Å². The number of hydrogen-bond acceptors (Lipinski definition) is 3. The lowest BCUT2D eigenvalue weighted by Crippen LogP contribution is -2.45. The fourth-order valence-electron chi connectivity index (χ4n) is 5.08. The molecule has 1 fully saturated rings. The van der Waals surface area contributed by atoms with Crippen LogP contribution in [0.25, 0.3) is 0 Å². The van der Waals surface area contributed by atoms with Crippen LogP contribution in [0.3, 0.4) is 0 Å². The van der Waals surface area contributed by atoms with Crippen molar-refractivity contribution in [3.05, 3.63) is 69.7 Å². The number of rotatable bonds is 11. The maximum Gasteiger partial charge on any atom is 0.253 e. The summed E-state index contributed by atoms with van der Waals surface area (Å²) < 4.78 is 0. The van der Waals surface area contributed by atoms with Gasteiger partial charge in [-0.15, -0.1) is 12.4 Å². The second-order valence-electron chi connectivity index (χ2n) is 9.41. The summed E-state index contributed by atoms with van der Waals surface area (Å²) in [6.45, 7) is 10.8. The third kappa shape index (κ3) is 8.65. The van der Waals surface area contributed by atoms with Crippen molar-refractivity contribution >= 4 is 41.5 Å². The first-order valence-electron chi connectivity index (χ1n) is 12.6. The van der Waals surface area contributed by atoms with Crippen molar-refractivity contribution in [3.63, 3.8) is 0 Å². The monoisotopic (exact) mass is 539 g/mol. The number of carbonyl (C=O) groups excluding carboxylic acids is 1. The summed E-state index contributed by atoms with van der Waals surface area (Å²) in [7, 11) is 1.89. The van der Waals surface area contributed by atoms with Gasteiger partial charge < -0.3 is 14.7 Å². The van der Waals surface area contributed by atoms with Crippen LogP contribution in [-0.4, -0.2) is 73.0 Å². The van der Waals surface area contributed by atoms with E-state index in [9.17, 15) is 4.79 Å². The van der Waals surface area contributed by atoms with Crippen molar-refractivity contribution in [2.45, 2.75) is 51.5 Å². The van der Waals surface area contributed by atoms with Gasteiger partial charge in [-0.25, -0.2) is 0 Å². The fourth-order valence-corrected chi connectivity index (χ4v) is 5.38. The Labute approximate surface area is 228 Å². The van der Waals surface area contributed by atoms with E-state index in [0.29, 0.717) is 28.2 Å². The number of nitrogens with zero attached hydrogens (tertiary/aromatic N) is 3. The highest BCUT2D eigenvalue weighted by Gasteiger charge is 2.25. The van der Waals surface area contributed by atoms with Crippen LogP contribution in [0.4, 0.5) is 0 Å². The number of hydrogen-bond donors (Lipinski definition) is 0. The Bertz CT molecular complexity index is 904. The Morgan fingerprint density at radius 2 is 1.74 bits per heavy atom. The number of amides is 1. The molecule has 0 saturated carbocycles. The van der Waals surface area contributed by atoms with E-state index in [-0.39, 0.29) is 24.2 Å². The standard InChI is InChI=1S/C28H39Cl2N3O.ClH/c1-4-16-33(5-2)25-14-18-32(19-15-25)17-13-24(23-11-12-26(29)27(30)20-23)21-31(3)28(34)22-9-7-6-8-10-22;/h6-12,20,24-25H,4-5,13-19,21H2,1-3H3;1H. The van der Waals surface area contributed by atoms with Gasteiger partial charge in [0.1, 0.15) is 0 Å². The average molecular weight is 541 g/mol. The van der Waals surface area contributed by atoms with E-state index in [0.717, 1.165) is 38.2 Å². The van der Waals surface area contributed by atoms with Gasteiger partial charge in [0, 0.05) is 31.1 Å². The molecule has 0 radical (unpaired) electrons. The molecule has 1 saturated heterocycles. The molecule has 2 aromatic carbocycles. The van der Waals surface area contributed by atoms with Crippen molar-refractivity contribution in [1.82, 2.24) is 14.7 Å². The van der Waals surface area contributed by atoms with Gasteiger partial charge in [-0.2, -0.15) is 0 Å². The minimum atomic E-state index is 0. The Hall–Kier alpha value is -1.30. The summed E-state index contributed by atoms with van der Waals surface area (Å²) in [5.41, 5.74) is 1.85. The highest BCUT2D eigenvalue weighted by Crippen LogP contribution is 2.29. The first-order valence-corrected chi connectivity index (χ1v) is 13.4. The highest BCUT2D eigenvalue weighted by atomic mass is 35.5. The van der Waals surface area contributed by atoms with Crippen LogP contribution in [0.2, 0.25) is 10.0 Å². The maximum absolute atomic E-state index is 13.0. The molecule has 0 N–H and O–H groups in total. The molecule has 1 heterocycles. The molecule has 0 aliphatic carbocycles. The molecule has 2 aromatic rings. The number of piperidine rings is 1. The third-order valence-electron chi connectivity index (χ3n) is 7.06. The van der Waals surface area contributed by atoms with Gasteiger partial charge in [0.25, 0.3) is 5.91 Å². The van der Waals surface area contributed by atoms with Crippen LogP contribution in [0.5, 0.6) is 0 Å². The van der Waals surface area contributed by atoms with Gasteiger partial charge in [0.2, 0.25) is 0 Å². The van der Waals surface area contributed by atoms with Crippen molar-refractivity contribution in [1.29, 1.82) is 0 Å². The van der Waals surface area contributed by atoms with Crippen molar-refractivity contribution in [3.8, 4) is 0 Å². The predicted octanol–water partition coefficient (Wildman–Crippen LogP) is 6.86. The molecular weight excluding hydrogens is 501 g/mol.